The maximum atomic E-state index is 12.6. The van der Waals surface area contributed by atoms with Crippen LogP contribution in [-0.4, -0.2) is 29.3 Å². The summed E-state index contributed by atoms with van der Waals surface area (Å²) in [7, 11) is 0. The topological polar surface area (TPSA) is 62.6 Å². The molecule has 2 amide bonds. The van der Waals surface area contributed by atoms with Gasteiger partial charge in [0.2, 0.25) is 5.91 Å². The fourth-order valence-corrected chi connectivity index (χ4v) is 2.31. The minimum atomic E-state index is -0.135. The number of carbonyl (C=O) groups excluding carboxylic acids is 2. The van der Waals surface area contributed by atoms with Crippen LogP contribution >= 0.6 is 0 Å². The van der Waals surface area contributed by atoms with Crippen molar-refractivity contribution in [2.45, 2.75) is 39.3 Å². The first-order valence-corrected chi connectivity index (χ1v) is 8.25. The zero-order chi connectivity index (χ0) is 17.4. The number of amides is 2. The molecule has 1 heterocycles. The van der Waals surface area contributed by atoms with Crippen molar-refractivity contribution in [1.82, 2.24) is 10.2 Å². The van der Waals surface area contributed by atoms with Crippen LogP contribution in [0, 0.1) is 0 Å². The number of furan rings is 1. The summed E-state index contributed by atoms with van der Waals surface area (Å²) < 4.78 is 5.00. The van der Waals surface area contributed by atoms with Crippen molar-refractivity contribution in [3.63, 3.8) is 0 Å². The molecule has 1 N–H and O–H groups in total. The summed E-state index contributed by atoms with van der Waals surface area (Å²) >= 11 is 0. The normalized spacial score (nSPS) is 11.8. The highest BCUT2D eigenvalue weighted by Crippen LogP contribution is 2.11. The zero-order valence-electron chi connectivity index (χ0n) is 14.2. The Morgan fingerprint density at radius 2 is 1.96 bits per heavy atom. The van der Waals surface area contributed by atoms with Gasteiger partial charge in [0, 0.05) is 25.6 Å². The van der Waals surface area contributed by atoms with Gasteiger partial charge in [-0.05, 0) is 25.0 Å². The number of carbonyl (C=O) groups is 2. The lowest BCUT2D eigenvalue weighted by Gasteiger charge is -2.22. The van der Waals surface area contributed by atoms with Gasteiger partial charge in [0.25, 0.3) is 5.91 Å². The molecule has 0 unspecified atom stereocenters. The van der Waals surface area contributed by atoms with E-state index in [0.717, 1.165) is 12.0 Å². The lowest BCUT2D eigenvalue weighted by atomic mass is 10.2. The summed E-state index contributed by atoms with van der Waals surface area (Å²) in [4.78, 5) is 26.3. The molecule has 1 aromatic heterocycles. The number of benzene rings is 1. The molecule has 0 aliphatic rings. The third-order valence-electron chi connectivity index (χ3n) is 3.90. The van der Waals surface area contributed by atoms with E-state index in [-0.39, 0.29) is 24.3 Å². The molecule has 5 nitrogen and oxygen atoms in total. The van der Waals surface area contributed by atoms with Crippen LogP contribution in [0.3, 0.4) is 0 Å². The van der Waals surface area contributed by atoms with Crippen LogP contribution in [0.15, 0.2) is 53.3 Å². The Balaban J connectivity index is 2.02. The third kappa shape index (κ3) is 5.26. The molecule has 0 aliphatic carbocycles. The lowest BCUT2D eigenvalue weighted by molar-refractivity contribution is -0.121. The van der Waals surface area contributed by atoms with E-state index in [2.05, 4.69) is 5.32 Å². The predicted molar refractivity (Wildman–Crippen MR) is 92.4 cm³/mol. The molecule has 0 aliphatic heterocycles. The molecule has 0 bridgehead atoms. The van der Waals surface area contributed by atoms with Crippen molar-refractivity contribution >= 4 is 11.8 Å². The van der Waals surface area contributed by atoms with Gasteiger partial charge >= 0.3 is 0 Å². The van der Waals surface area contributed by atoms with Crippen LogP contribution < -0.4 is 5.32 Å². The van der Waals surface area contributed by atoms with Gasteiger partial charge in [0.05, 0.1) is 11.8 Å². The summed E-state index contributed by atoms with van der Waals surface area (Å²) in [5.41, 5.74) is 1.52. The smallest absolute Gasteiger partial charge is 0.257 e. The molecule has 2 rings (SSSR count). The van der Waals surface area contributed by atoms with Gasteiger partial charge in [0.15, 0.2) is 0 Å². The van der Waals surface area contributed by atoms with Crippen LogP contribution in [0.1, 0.15) is 42.6 Å². The van der Waals surface area contributed by atoms with Crippen molar-refractivity contribution in [1.29, 1.82) is 0 Å². The van der Waals surface area contributed by atoms with Crippen molar-refractivity contribution in [3.05, 3.63) is 60.1 Å². The summed E-state index contributed by atoms with van der Waals surface area (Å²) in [6.07, 6.45) is 4.07. The van der Waals surface area contributed by atoms with Crippen LogP contribution in [0.4, 0.5) is 0 Å². The summed E-state index contributed by atoms with van der Waals surface area (Å²) in [6.45, 7) is 4.81. The van der Waals surface area contributed by atoms with Crippen LogP contribution in [0.2, 0.25) is 0 Å². The molecule has 0 spiro atoms. The van der Waals surface area contributed by atoms with E-state index < -0.39 is 0 Å². The maximum Gasteiger partial charge on any atom is 0.257 e. The van der Waals surface area contributed by atoms with Gasteiger partial charge in [-0.15, -0.1) is 0 Å². The second-order valence-corrected chi connectivity index (χ2v) is 5.85. The number of nitrogens with zero attached hydrogens (tertiary/aromatic N) is 1. The fourth-order valence-electron chi connectivity index (χ4n) is 2.31. The van der Waals surface area contributed by atoms with E-state index in [1.54, 1.807) is 11.0 Å². The van der Waals surface area contributed by atoms with E-state index in [9.17, 15) is 9.59 Å². The quantitative estimate of drug-likeness (QED) is 0.809. The van der Waals surface area contributed by atoms with E-state index in [0.29, 0.717) is 18.7 Å². The van der Waals surface area contributed by atoms with E-state index in [1.807, 2.05) is 44.2 Å². The van der Waals surface area contributed by atoms with E-state index in [1.165, 1.54) is 12.5 Å². The Kier molecular flexibility index (Phi) is 6.61. The molecule has 128 valence electrons. The first-order chi connectivity index (χ1) is 11.6. The molecule has 2 aromatic rings. The van der Waals surface area contributed by atoms with Crippen molar-refractivity contribution < 1.29 is 14.0 Å². The molecular weight excluding hydrogens is 304 g/mol. The number of hydrogen-bond acceptors (Lipinski definition) is 3. The Labute approximate surface area is 142 Å². The monoisotopic (exact) mass is 328 g/mol. The minimum Gasteiger partial charge on any atom is -0.472 e. The zero-order valence-corrected chi connectivity index (χ0v) is 14.2. The molecule has 1 atom stereocenters. The highest BCUT2D eigenvalue weighted by atomic mass is 16.3. The van der Waals surface area contributed by atoms with Crippen LogP contribution in [0.5, 0.6) is 0 Å². The highest BCUT2D eigenvalue weighted by Gasteiger charge is 2.18. The van der Waals surface area contributed by atoms with E-state index >= 15 is 0 Å². The predicted octanol–water partition coefficient (Wildman–Crippen LogP) is 3.23. The molecule has 0 saturated heterocycles. The molecule has 0 fully saturated rings. The highest BCUT2D eigenvalue weighted by molar-refractivity contribution is 5.94. The molecule has 0 radical (unpaired) electrons. The third-order valence-corrected chi connectivity index (χ3v) is 3.90. The van der Waals surface area contributed by atoms with Gasteiger partial charge < -0.3 is 14.6 Å². The number of nitrogens with one attached hydrogen (secondary N) is 1. The molecule has 1 aromatic carbocycles. The molecular formula is C19H24N2O3. The van der Waals surface area contributed by atoms with Crippen molar-refractivity contribution in [3.8, 4) is 0 Å². The van der Waals surface area contributed by atoms with Crippen LogP contribution in [-0.2, 0) is 11.3 Å². The van der Waals surface area contributed by atoms with Crippen molar-refractivity contribution in [2.75, 3.05) is 6.54 Å². The maximum absolute atomic E-state index is 12.6. The molecule has 5 heteroatoms. The van der Waals surface area contributed by atoms with Crippen LogP contribution in [0.25, 0.3) is 0 Å². The van der Waals surface area contributed by atoms with E-state index in [4.69, 9.17) is 4.42 Å². The Hall–Kier alpha value is -2.56. The molecule has 0 saturated carbocycles. The Bertz CT molecular complexity index is 638. The standard InChI is InChI=1S/C19H24N2O3/c1-3-15(2)20-18(22)9-11-21(13-16-7-5-4-6-8-16)19(23)17-10-12-24-14-17/h4-8,10,12,14-15H,3,9,11,13H2,1-2H3,(H,20,22)/t15-/m0/s1. The SMILES string of the molecule is CC[C@H](C)NC(=O)CCN(Cc1ccccc1)C(=O)c1ccoc1. The minimum absolute atomic E-state index is 0.0394. The Morgan fingerprint density at radius 1 is 1.21 bits per heavy atom. The van der Waals surface area contributed by atoms with Gasteiger partial charge in [0.1, 0.15) is 6.26 Å². The van der Waals surface area contributed by atoms with Crippen molar-refractivity contribution in [2.24, 2.45) is 0 Å². The summed E-state index contributed by atoms with van der Waals surface area (Å²) in [5, 5.41) is 2.93. The second-order valence-electron chi connectivity index (χ2n) is 5.85. The summed E-state index contributed by atoms with van der Waals surface area (Å²) in [5.74, 6) is -0.175. The first kappa shape index (κ1) is 17.8. The lowest BCUT2D eigenvalue weighted by Crippen LogP contribution is -2.37. The van der Waals surface area contributed by atoms with Gasteiger partial charge in [-0.3, -0.25) is 9.59 Å². The average molecular weight is 328 g/mol. The second kappa shape index (κ2) is 8.91. The fraction of sp³-hybridized carbons (Fsp3) is 0.368. The molecule has 24 heavy (non-hydrogen) atoms. The number of rotatable bonds is 8. The first-order valence-electron chi connectivity index (χ1n) is 8.25. The van der Waals surface area contributed by atoms with Gasteiger partial charge in [-0.25, -0.2) is 0 Å². The summed E-state index contributed by atoms with van der Waals surface area (Å²) in [6, 6.07) is 11.5. The number of hydrogen-bond donors (Lipinski definition) is 1. The van der Waals surface area contributed by atoms with Gasteiger partial charge in [-0.1, -0.05) is 37.3 Å². The Morgan fingerprint density at radius 3 is 2.58 bits per heavy atom. The van der Waals surface area contributed by atoms with Gasteiger partial charge in [-0.2, -0.15) is 0 Å². The largest absolute Gasteiger partial charge is 0.472 e. The average Bonchev–Trinajstić information content (AvgIpc) is 3.13.